The predicted octanol–water partition coefficient (Wildman–Crippen LogP) is 5.45. The molecule has 3 aromatic carbocycles. The average molecular weight is 453 g/mol. The third kappa shape index (κ3) is 2.23. The van der Waals surface area contributed by atoms with E-state index in [1.54, 1.807) is 0 Å². The van der Waals surface area contributed by atoms with Crippen LogP contribution in [0.2, 0.25) is 0 Å². The fraction of sp³-hybridized carbons (Fsp3) is 0.321. The van der Waals surface area contributed by atoms with Crippen LogP contribution in [0.4, 0.5) is 0 Å². The maximum atomic E-state index is 14.0. The van der Waals surface area contributed by atoms with E-state index in [0.29, 0.717) is 29.2 Å². The van der Waals surface area contributed by atoms with Gasteiger partial charge in [0.15, 0.2) is 11.5 Å². The largest absolute Gasteiger partial charge is 0.454 e. The molecule has 1 aliphatic heterocycles. The van der Waals surface area contributed by atoms with Crippen molar-refractivity contribution in [3.05, 3.63) is 66.0 Å². The van der Waals surface area contributed by atoms with Gasteiger partial charge in [-0.3, -0.25) is 4.79 Å². The fourth-order valence-corrected chi connectivity index (χ4v) is 6.37. The Bertz CT molecular complexity index is 1540. The van der Waals surface area contributed by atoms with Crippen LogP contribution in [0.15, 0.2) is 54.6 Å². The molecule has 4 aromatic rings. The van der Waals surface area contributed by atoms with Gasteiger partial charge in [0.2, 0.25) is 6.79 Å². The molecule has 0 spiro atoms. The van der Waals surface area contributed by atoms with Crippen molar-refractivity contribution in [2.45, 2.75) is 44.4 Å². The van der Waals surface area contributed by atoms with Crippen LogP contribution in [0.1, 0.15) is 45.0 Å². The molecule has 0 amide bonds. The van der Waals surface area contributed by atoms with Gasteiger partial charge < -0.3 is 14.2 Å². The summed E-state index contributed by atoms with van der Waals surface area (Å²) in [7, 11) is 0. The Morgan fingerprint density at radius 2 is 1.53 bits per heavy atom. The molecule has 1 fully saturated rings. The molecule has 170 valence electrons. The van der Waals surface area contributed by atoms with Gasteiger partial charge in [-0.15, -0.1) is 0 Å². The molecule has 0 N–H and O–H groups in total. The minimum atomic E-state index is -0.875. The molecule has 0 radical (unpaired) electrons. The van der Waals surface area contributed by atoms with Gasteiger partial charge in [0, 0.05) is 17.5 Å². The number of benzene rings is 3. The molecule has 34 heavy (non-hydrogen) atoms. The maximum Gasteiger partial charge on any atom is 0.324 e. The summed E-state index contributed by atoms with van der Waals surface area (Å²) in [6.45, 7) is 6.71. The Labute approximate surface area is 196 Å². The lowest BCUT2D eigenvalue weighted by Gasteiger charge is -2.38. The molecule has 6 nitrogen and oxygen atoms in total. The van der Waals surface area contributed by atoms with Crippen molar-refractivity contribution in [2.24, 2.45) is 5.41 Å². The summed E-state index contributed by atoms with van der Waals surface area (Å²) in [4.78, 5) is 24.1. The molecule has 2 unspecified atom stereocenters. The summed E-state index contributed by atoms with van der Waals surface area (Å²) in [5.41, 5.74) is 1.51. The summed E-state index contributed by atoms with van der Waals surface area (Å²) < 4.78 is 17.2. The highest BCUT2D eigenvalue weighted by molar-refractivity contribution is 5.92. The van der Waals surface area contributed by atoms with E-state index in [-0.39, 0.29) is 18.2 Å². The zero-order valence-electron chi connectivity index (χ0n) is 19.3. The summed E-state index contributed by atoms with van der Waals surface area (Å²) in [6, 6.07) is 17.6. The average Bonchev–Trinajstić information content (AvgIpc) is 3.40. The Morgan fingerprint density at radius 3 is 2.26 bits per heavy atom. The Hall–Kier alpha value is -3.67. The lowest BCUT2D eigenvalue weighted by molar-refractivity contribution is -0.145. The first-order chi connectivity index (χ1) is 16.3. The highest BCUT2D eigenvalue weighted by Crippen LogP contribution is 2.70. The van der Waals surface area contributed by atoms with Crippen LogP contribution in [0.3, 0.4) is 0 Å². The second-order valence-corrected chi connectivity index (χ2v) is 10.4. The van der Waals surface area contributed by atoms with Gasteiger partial charge in [0.1, 0.15) is 11.2 Å². The van der Waals surface area contributed by atoms with E-state index in [0.717, 1.165) is 34.1 Å². The van der Waals surface area contributed by atoms with E-state index in [4.69, 9.17) is 24.2 Å². The van der Waals surface area contributed by atoms with Crippen LogP contribution in [-0.2, 0) is 15.6 Å². The van der Waals surface area contributed by atoms with Crippen molar-refractivity contribution in [3.8, 4) is 17.2 Å². The van der Waals surface area contributed by atoms with Crippen LogP contribution in [-0.4, -0.2) is 22.7 Å². The van der Waals surface area contributed by atoms with Gasteiger partial charge in [-0.2, -0.15) is 0 Å². The third-order valence-electron chi connectivity index (χ3n) is 8.81. The van der Waals surface area contributed by atoms with E-state index < -0.39 is 10.8 Å². The summed E-state index contributed by atoms with van der Waals surface area (Å²) in [6.07, 6.45) is 1.53. The van der Waals surface area contributed by atoms with Crippen molar-refractivity contribution < 1.29 is 19.0 Å². The van der Waals surface area contributed by atoms with Crippen LogP contribution in [0.25, 0.3) is 21.8 Å². The lowest BCUT2D eigenvalue weighted by Crippen LogP contribution is -2.48. The number of rotatable bonds is 2. The summed E-state index contributed by atoms with van der Waals surface area (Å²) in [5.74, 6) is 1.63. The highest BCUT2D eigenvalue weighted by atomic mass is 16.7. The maximum absolute atomic E-state index is 14.0. The van der Waals surface area contributed by atoms with Gasteiger partial charge in [-0.1, -0.05) is 51.1 Å². The normalized spacial score (nSPS) is 25.6. The number of hydrogen-bond donors (Lipinski definition) is 0. The van der Waals surface area contributed by atoms with Gasteiger partial charge in [0.05, 0.1) is 22.4 Å². The molecule has 1 aromatic heterocycles. The Kier molecular flexibility index (Phi) is 3.64. The monoisotopic (exact) mass is 452 g/mol. The van der Waals surface area contributed by atoms with Crippen LogP contribution in [0, 0.1) is 5.41 Å². The molecule has 2 atom stereocenters. The quantitative estimate of drug-likeness (QED) is 0.298. The second kappa shape index (κ2) is 6.26. The minimum absolute atomic E-state index is 0.193. The highest BCUT2D eigenvalue weighted by Gasteiger charge is 2.74. The van der Waals surface area contributed by atoms with Crippen LogP contribution < -0.4 is 14.2 Å². The van der Waals surface area contributed by atoms with E-state index in [9.17, 15) is 4.79 Å². The topological polar surface area (TPSA) is 70.5 Å². The van der Waals surface area contributed by atoms with Crippen molar-refractivity contribution in [3.63, 3.8) is 0 Å². The molecular formula is C28H24N2O4. The zero-order valence-corrected chi connectivity index (χ0v) is 19.3. The molecule has 2 aliphatic carbocycles. The fourth-order valence-electron chi connectivity index (χ4n) is 6.37. The van der Waals surface area contributed by atoms with E-state index in [2.05, 4.69) is 20.8 Å². The first kappa shape index (κ1) is 19.8. The molecule has 2 heterocycles. The summed E-state index contributed by atoms with van der Waals surface area (Å²) >= 11 is 0. The van der Waals surface area contributed by atoms with Crippen LogP contribution >= 0.6 is 0 Å². The standard InChI is InChI=1S/C28H24N2O4/c1-26(2)27(3)10-11-28(26,25(31)34-18-9-8-16-6-4-5-7-17(16)12-18)24-23(27)29-19-13-21-22(33-15-32-21)14-20(19)30-24/h4-9,12-14H,10-11,15H2,1-3H3. The molecular weight excluding hydrogens is 428 g/mol. The molecule has 0 saturated heterocycles. The number of carbonyl (C=O) groups excluding carboxylic acids is 1. The second-order valence-electron chi connectivity index (χ2n) is 10.4. The number of aromatic nitrogens is 2. The molecule has 2 bridgehead atoms. The van der Waals surface area contributed by atoms with Gasteiger partial charge in [-0.05, 0) is 41.2 Å². The van der Waals surface area contributed by atoms with Gasteiger partial charge in [0.25, 0.3) is 0 Å². The summed E-state index contributed by atoms with van der Waals surface area (Å²) in [5, 5.41) is 2.14. The number of hydrogen-bond acceptors (Lipinski definition) is 6. The molecule has 6 heteroatoms. The molecule has 7 rings (SSSR count). The minimum Gasteiger partial charge on any atom is -0.454 e. The van der Waals surface area contributed by atoms with Gasteiger partial charge >= 0.3 is 5.97 Å². The number of carbonyl (C=O) groups is 1. The number of nitrogens with zero attached hydrogens (tertiary/aromatic N) is 2. The van der Waals surface area contributed by atoms with E-state index >= 15 is 0 Å². The first-order valence-corrected chi connectivity index (χ1v) is 11.7. The zero-order chi connectivity index (χ0) is 23.3. The van der Waals surface area contributed by atoms with Crippen molar-refractivity contribution >= 4 is 27.8 Å². The number of fused-ring (bicyclic) bond motifs is 8. The number of esters is 1. The SMILES string of the molecule is CC12CCC(C(=O)Oc3ccc4ccccc4c3)(c3nc4cc5c(cc4nc31)OCO5)C2(C)C. The third-order valence-corrected chi connectivity index (χ3v) is 8.81. The van der Waals surface area contributed by atoms with E-state index in [1.807, 2.05) is 54.6 Å². The van der Waals surface area contributed by atoms with Crippen molar-refractivity contribution in [1.29, 1.82) is 0 Å². The van der Waals surface area contributed by atoms with E-state index in [1.165, 1.54) is 0 Å². The predicted molar refractivity (Wildman–Crippen MR) is 127 cm³/mol. The number of ether oxygens (including phenoxy) is 3. The molecule has 3 aliphatic rings. The van der Waals surface area contributed by atoms with Crippen molar-refractivity contribution in [1.82, 2.24) is 9.97 Å². The lowest BCUT2D eigenvalue weighted by atomic mass is 9.64. The van der Waals surface area contributed by atoms with Crippen LogP contribution in [0.5, 0.6) is 17.2 Å². The molecule has 1 saturated carbocycles. The van der Waals surface area contributed by atoms with Gasteiger partial charge in [-0.25, -0.2) is 9.97 Å². The van der Waals surface area contributed by atoms with Crippen molar-refractivity contribution in [2.75, 3.05) is 6.79 Å². The first-order valence-electron chi connectivity index (χ1n) is 11.7. The Morgan fingerprint density at radius 1 is 0.853 bits per heavy atom. The smallest absolute Gasteiger partial charge is 0.324 e. The Balaban J connectivity index is 1.38.